The molecule has 0 atom stereocenters. The number of rotatable bonds is 8. The van der Waals surface area contributed by atoms with E-state index in [9.17, 15) is 0 Å². The molecular weight excluding hydrogens is 160 g/mol. The molecule has 0 heterocycles. The molecule has 0 spiro atoms. The summed E-state index contributed by atoms with van der Waals surface area (Å²) in [5.74, 6) is 0. The Morgan fingerprint density at radius 2 is 1.46 bits per heavy atom. The minimum Gasteiger partial charge on any atom is -0.516 e. The molecule has 0 bridgehead atoms. The predicted octanol–water partition coefficient (Wildman–Crippen LogP) is 4.36. The second-order valence-electron chi connectivity index (χ2n) is 3.28. The number of unbranched alkanes of at least 4 members (excludes halogenated alkanes) is 5. The molecule has 13 heavy (non-hydrogen) atoms. The summed E-state index contributed by atoms with van der Waals surface area (Å²) >= 11 is 0. The minimum absolute atomic E-state index is 1.01. The van der Waals surface area contributed by atoms with E-state index < -0.39 is 0 Å². The molecule has 0 aliphatic carbocycles. The highest BCUT2D eigenvalue weighted by Gasteiger charge is 1.85. The van der Waals surface area contributed by atoms with E-state index in [1.165, 1.54) is 38.5 Å². The van der Waals surface area contributed by atoms with Crippen molar-refractivity contribution in [2.75, 3.05) is 0 Å². The summed E-state index contributed by atoms with van der Waals surface area (Å²) in [6, 6.07) is 0. The highest BCUT2D eigenvalue weighted by Crippen LogP contribution is 2.04. The first kappa shape index (κ1) is 12.3. The van der Waals surface area contributed by atoms with Crippen molar-refractivity contribution in [2.24, 2.45) is 0 Å². The predicted molar refractivity (Wildman–Crippen MR) is 58.9 cm³/mol. The van der Waals surface area contributed by atoms with Crippen LogP contribution in [0.2, 0.25) is 0 Å². The Hall–Kier alpha value is -0.720. The molecule has 0 aromatic carbocycles. The summed E-state index contributed by atoms with van der Waals surface area (Å²) in [4.78, 5) is 0. The van der Waals surface area contributed by atoms with Gasteiger partial charge in [-0.15, -0.1) is 0 Å². The van der Waals surface area contributed by atoms with Crippen molar-refractivity contribution in [3.63, 3.8) is 0 Å². The van der Waals surface area contributed by atoms with Crippen LogP contribution in [0.25, 0.3) is 0 Å². The van der Waals surface area contributed by atoms with E-state index in [-0.39, 0.29) is 0 Å². The van der Waals surface area contributed by atoms with Crippen molar-refractivity contribution in [1.29, 1.82) is 0 Å². The van der Waals surface area contributed by atoms with E-state index >= 15 is 0 Å². The van der Waals surface area contributed by atoms with Crippen LogP contribution in [-0.4, -0.2) is 5.11 Å². The van der Waals surface area contributed by atoms with Crippen molar-refractivity contribution in [3.8, 4) is 0 Å². The van der Waals surface area contributed by atoms with Crippen molar-refractivity contribution in [2.45, 2.75) is 51.9 Å². The molecule has 0 saturated carbocycles. The van der Waals surface area contributed by atoms with Gasteiger partial charge in [-0.2, -0.15) is 0 Å². The van der Waals surface area contributed by atoms with Gasteiger partial charge in [0.15, 0.2) is 0 Å². The summed E-state index contributed by atoms with van der Waals surface area (Å²) in [6.45, 7) is 2.20. The lowest BCUT2D eigenvalue weighted by atomic mass is 10.1. The number of hydrogen-bond acceptors (Lipinski definition) is 1. The lowest BCUT2D eigenvalue weighted by Gasteiger charge is -1.94. The molecule has 0 saturated heterocycles. The molecule has 0 rings (SSSR count). The topological polar surface area (TPSA) is 20.2 Å². The molecule has 0 radical (unpaired) electrons. The Kier molecular flexibility index (Phi) is 10.7. The fraction of sp³-hybridized carbons (Fsp3) is 0.667. The van der Waals surface area contributed by atoms with E-state index in [4.69, 9.17) is 5.11 Å². The Morgan fingerprint density at radius 3 is 2.08 bits per heavy atom. The van der Waals surface area contributed by atoms with E-state index in [1.807, 2.05) is 6.08 Å². The molecular formula is C12H22O. The fourth-order valence-corrected chi connectivity index (χ4v) is 1.18. The quantitative estimate of drug-likeness (QED) is 0.336. The second kappa shape index (κ2) is 11.3. The summed E-state index contributed by atoms with van der Waals surface area (Å²) in [6.07, 6.45) is 15.9. The van der Waals surface area contributed by atoms with Gasteiger partial charge < -0.3 is 5.11 Å². The SMILES string of the molecule is CCCC=CCCCCCC=CO. The summed E-state index contributed by atoms with van der Waals surface area (Å²) in [5.41, 5.74) is 0. The maximum atomic E-state index is 8.37. The number of aliphatic hydroxyl groups excluding tert-OH is 1. The summed E-state index contributed by atoms with van der Waals surface area (Å²) in [7, 11) is 0. The summed E-state index contributed by atoms with van der Waals surface area (Å²) in [5, 5.41) is 8.37. The average Bonchev–Trinajstić information content (AvgIpc) is 2.16. The summed E-state index contributed by atoms with van der Waals surface area (Å²) < 4.78 is 0. The van der Waals surface area contributed by atoms with Gasteiger partial charge in [0, 0.05) is 0 Å². The van der Waals surface area contributed by atoms with Crippen LogP contribution in [0.3, 0.4) is 0 Å². The number of aliphatic hydroxyl groups is 1. The molecule has 1 nitrogen and oxygen atoms in total. The van der Waals surface area contributed by atoms with E-state index in [0.717, 1.165) is 12.7 Å². The van der Waals surface area contributed by atoms with Crippen LogP contribution >= 0.6 is 0 Å². The molecule has 0 unspecified atom stereocenters. The van der Waals surface area contributed by atoms with Gasteiger partial charge in [0.05, 0.1) is 6.26 Å². The maximum absolute atomic E-state index is 8.37. The van der Waals surface area contributed by atoms with Crippen molar-refractivity contribution >= 4 is 0 Å². The Labute approximate surface area is 82.2 Å². The Balaban J connectivity index is 2.99. The molecule has 0 aliphatic heterocycles. The van der Waals surface area contributed by atoms with Crippen LogP contribution in [0.1, 0.15) is 51.9 Å². The molecule has 0 aromatic rings. The highest BCUT2D eigenvalue weighted by molar-refractivity contribution is 4.81. The smallest absolute Gasteiger partial charge is 0.0751 e. The van der Waals surface area contributed by atoms with Crippen LogP contribution in [0.5, 0.6) is 0 Å². The average molecular weight is 182 g/mol. The highest BCUT2D eigenvalue weighted by atomic mass is 16.2. The van der Waals surface area contributed by atoms with Gasteiger partial charge in [0.25, 0.3) is 0 Å². The minimum atomic E-state index is 1.01. The first-order valence-electron chi connectivity index (χ1n) is 5.36. The third kappa shape index (κ3) is 11.3. The zero-order valence-electron chi connectivity index (χ0n) is 8.71. The van der Waals surface area contributed by atoms with E-state index in [0.29, 0.717) is 0 Å². The lowest BCUT2D eigenvalue weighted by molar-refractivity contribution is 0.469. The van der Waals surface area contributed by atoms with Gasteiger partial charge >= 0.3 is 0 Å². The van der Waals surface area contributed by atoms with Crippen LogP contribution < -0.4 is 0 Å². The van der Waals surface area contributed by atoms with Crippen LogP contribution in [0.4, 0.5) is 0 Å². The standard InChI is InChI=1S/C12H22O/c1-2-3-4-5-6-7-8-9-10-11-12-13/h4-5,11-13H,2-3,6-10H2,1H3. The molecule has 0 aliphatic rings. The second-order valence-corrected chi connectivity index (χ2v) is 3.28. The van der Waals surface area contributed by atoms with Crippen molar-refractivity contribution in [1.82, 2.24) is 0 Å². The normalized spacial score (nSPS) is 11.8. The van der Waals surface area contributed by atoms with E-state index in [2.05, 4.69) is 19.1 Å². The number of hydrogen-bond donors (Lipinski definition) is 1. The third-order valence-electron chi connectivity index (χ3n) is 1.97. The molecule has 0 amide bonds. The van der Waals surface area contributed by atoms with Gasteiger partial charge in [-0.3, -0.25) is 0 Å². The van der Waals surface area contributed by atoms with Crippen molar-refractivity contribution in [3.05, 3.63) is 24.5 Å². The van der Waals surface area contributed by atoms with Crippen LogP contribution in [0, 0.1) is 0 Å². The first-order chi connectivity index (χ1) is 6.41. The fourth-order valence-electron chi connectivity index (χ4n) is 1.18. The van der Waals surface area contributed by atoms with Gasteiger partial charge in [0.1, 0.15) is 0 Å². The Bertz CT molecular complexity index is 136. The zero-order chi connectivity index (χ0) is 9.78. The molecule has 0 fully saturated rings. The molecule has 1 N–H and O–H groups in total. The lowest BCUT2D eigenvalue weighted by Crippen LogP contribution is -1.75. The van der Waals surface area contributed by atoms with Crippen LogP contribution in [-0.2, 0) is 0 Å². The maximum Gasteiger partial charge on any atom is 0.0751 e. The zero-order valence-corrected chi connectivity index (χ0v) is 8.71. The number of allylic oxidation sites excluding steroid dienone is 3. The van der Waals surface area contributed by atoms with Gasteiger partial charge in [-0.05, 0) is 32.1 Å². The van der Waals surface area contributed by atoms with Crippen molar-refractivity contribution < 1.29 is 5.11 Å². The molecule has 0 aromatic heterocycles. The molecule has 76 valence electrons. The van der Waals surface area contributed by atoms with Gasteiger partial charge in [-0.1, -0.05) is 38.0 Å². The molecule has 1 heteroatoms. The van der Waals surface area contributed by atoms with Crippen LogP contribution in [0.15, 0.2) is 24.5 Å². The van der Waals surface area contributed by atoms with Gasteiger partial charge in [-0.25, -0.2) is 0 Å². The largest absolute Gasteiger partial charge is 0.516 e. The third-order valence-corrected chi connectivity index (χ3v) is 1.97. The monoisotopic (exact) mass is 182 g/mol. The van der Waals surface area contributed by atoms with Gasteiger partial charge in [0.2, 0.25) is 0 Å². The van der Waals surface area contributed by atoms with E-state index in [1.54, 1.807) is 0 Å². The first-order valence-corrected chi connectivity index (χ1v) is 5.36. The Morgan fingerprint density at radius 1 is 0.846 bits per heavy atom.